The number of carbonyl (C=O) groups excluding carboxylic acids is 1. The van der Waals surface area contributed by atoms with Crippen molar-refractivity contribution in [3.8, 4) is 11.5 Å². The number of carbonyl (C=O) groups is 1. The van der Waals surface area contributed by atoms with Crippen molar-refractivity contribution in [2.45, 2.75) is 12.8 Å². The molecule has 0 saturated carbocycles. The van der Waals surface area contributed by atoms with Gasteiger partial charge in [-0.3, -0.25) is 4.79 Å². The molecule has 144 valence electrons. The lowest BCUT2D eigenvalue weighted by Gasteiger charge is -2.07. The second-order valence-electron chi connectivity index (χ2n) is 6.31. The van der Waals surface area contributed by atoms with Crippen LogP contribution >= 0.6 is 0 Å². The fourth-order valence-electron chi connectivity index (χ4n) is 2.72. The van der Waals surface area contributed by atoms with Crippen molar-refractivity contribution >= 4 is 15.9 Å². The Morgan fingerprint density at radius 1 is 0.963 bits per heavy atom. The summed E-state index contributed by atoms with van der Waals surface area (Å²) in [4.78, 5) is 12.2. The number of fused-ring (bicyclic) bond motifs is 1. The Hall–Kier alpha value is -2.58. The van der Waals surface area contributed by atoms with E-state index in [0.717, 1.165) is 28.9 Å². The van der Waals surface area contributed by atoms with Crippen LogP contribution < -0.4 is 19.5 Å². The summed E-state index contributed by atoms with van der Waals surface area (Å²) < 4.78 is 35.2. The van der Waals surface area contributed by atoms with Gasteiger partial charge in [-0.05, 0) is 48.2 Å². The molecule has 2 aromatic carbocycles. The van der Waals surface area contributed by atoms with Gasteiger partial charge in [-0.1, -0.05) is 18.2 Å². The van der Waals surface area contributed by atoms with E-state index in [1.165, 1.54) is 0 Å². The maximum Gasteiger partial charge on any atom is 0.251 e. The molecule has 1 aliphatic rings. The third-order valence-corrected chi connectivity index (χ3v) is 4.86. The van der Waals surface area contributed by atoms with Gasteiger partial charge in [0.2, 0.25) is 16.8 Å². The maximum atomic E-state index is 12.2. The zero-order chi connectivity index (χ0) is 19.3. The van der Waals surface area contributed by atoms with Crippen LogP contribution in [-0.2, 0) is 22.9 Å². The lowest BCUT2D eigenvalue weighted by molar-refractivity contribution is 0.0954. The number of nitrogens with one attached hydrogen (secondary N) is 2. The highest BCUT2D eigenvalue weighted by Gasteiger charge is 2.13. The van der Waals surface area contributed by atoms with E-state index in [9.17, 15) is 13.2 Å². The highest BCUT2D eigenvalue weighted by molar-refractivity contribution is 7.88. The molecule has 8 heteroatoms. The lowest BCUT2D eigenvalue weighted by Crippen LogP contribution is -2.26. The summed E-state index contributed by atoms with van der Waals surface area (Å²) in [6.07, 6.45) is 2.39. The molecule has 1 amide bonds. The van der Waals surface area contributed by atoms with Crippen molar-refractivity contribution in [3.63, 3.8) is 0 Å². The Bertz CT molecular complexity index is 910. The molecule has 2 N–H and O–H groups in total. The Kier molecular flexibility index (Phi) is 5.98. The van der Waals surface area contributed by atoms with E-state index in [-0.39, 0.29) is 12.7 Å². The monoisotopic (exact) mass is 390 g/mol. The van der Waals surface area contributed by atoms with Crippen molar-refractivity contribution in [2.24, 2.45) is 0 Å². The van der Waals surface area contributed by atoms with Gasteiger partial charge < -0.3 is 14.8 Å². The van der Waals surface area contributed by atoms with Crippen LogP contribution in [-0.4, -0.2) is 40.5 Å². The molecular weight excluding hydrogens is 368 g/mol. The summed E-state index contributed by atoms with van der Waals surface area (Å²) >= 11 is 0. The zero-order valence-electron chi connectivity index (χ0n) is 15.0. The highest BCUT2D eigenvalue weighted by Crippen LogP contribution is 2.32. The van der Waals surface area contributed by atoms with E-state index in [1.807, 2.05) is 30.3 Å². The van der Waals surface area contributed by atoms with E-state index in [4.69, 9.17) is 9.47 Å². The SMILES string of the molecule is CS(=O)(=O)NCCc1ccc(C(=O)NCCc2ccc3c(c2)OCO3)cc1. The fraction of sp³-hybridized carbons (Fsp3) is 0.316. The van der Waals surface area contributed by atoms with E-state index in [2.05, 4.69) is 10.0 Å². The van der Waals surface area contributed by atoms with Gasteiger partial charge in [0, 0.05) is 18.7 Å². The fourth-order valence-corrected chi connectivity index (χ4v) is 3.20. The standard InChI is InChI=1S/C19H22N2O5S/c1-27(23,24)21-11-9-14-2-5-16(6-3-14)19(22)20-10-8-15-4-7-17-18(12-15)26-13-25-17/h2-7,12,21H,8-11,13H2,1H3,(H,20,22). The largest absolute Gasteiger partial charge is 0.454 e. The van der Waals surface area contributed by atoms with Gasteiger partial charge in [-0.25, -0.2) is 13.1 Å². The minimum absolute atomic E-state index is 0.142. The average molecular weight is 390 g/mol. The number of amides is 1. The second kappa shape index (κ2) is 8.41. The molecule has 2 aromatic rings. The molecule has 27 heavy (non-hydrogen) atoms. The molecule has 1 aliphatic heterocycles. The Morgan fingerprint density at radius 3 is 2.37 bits per heavy atom. The highest BCUT2D eigenvalue weighted by atomic mass is 32.2. The van der Waals surface area contributed by atoms with Gasteiger partial charge in [-0.2, -0.15) is 0 Å². The summed E-state index contributed by atoms with van der Waals surface area (Å²) in [5, 5.41) is 2.90. The molecule has 0 saturated heterocycles. The number of sulfonamides is 1. The van der Waals surface area contributed by atoms with Crippen molar-refractivity contribution < 1.29 is 22.7 Å². The minimum Gasteiger partial charge on any atom is -0.454 e. The summed E-state index contributed by atoms with van der Waals surface area (Å²) in [7, 11) is -3.18. The molecule has 0 atom stereocenters. The van der Waals surface area contributed by atoms with Gasteiger partial charge in [0.15, 0.2) is 11.5 Å². The molecule has 0 fully saturated rings. The van der Waals surface area contributed by atoms with E-state index >= 15 is 0 Å². The van der Waals surface area contributed by atoms with Crippen LogP contribution in [0.5, 0.6) is 11.5 Å². The number of benzene rings is 2. The molecule has 7 nitrogen and oxygen atoms in total. The molecule has 0 aliphatic carbocycles. The van der Waals surface area contributed by atoms with Gasteiger partial charge in [0.25, 0.3) is 5.91 Å². The Labute approximate surface area is 158 Å². The number of rotatable bonds is 8. The van der Waals surface area contributed by atoms with Crippen LogP contribution in [0.3, 0.4) is 0 Å². The Morgan fingerprint density at radius 2 is 1.63 bits per heavy atom. The topological polar surface area (TPSA) is 93.7 Å². The van der Waals surface area contributed by atoms with Crippen LogP contribution in [0.2, 0.25) is 0 Å². The quantitative estimate of drug-likeness (QED) is 0.712. The summed E-state index contributed by atoms with van der Waals surface area (Å²) in [6.45, 7) is 1.09. The third-order valence-electron chi connectivity index (χ3n) is 4.13. The summed E-state index contributed by atoms with van der Waals surface area (Å²) in [5.74, 6) is 1.34. The van der Waals surface area contributed by atoms with Gasteiger partial charge in [-0.15, -0.1) is 0 Å². The van der Waals surface area contributed by atoms with Crippen LogP contribution in [0, 0.1) is 0 Å². The number of ether oxygens (including phenoxy) is 2. The van der Waals surface area contributed by atoms with Crippen molar-refractivity contribution in [1.29, 1.82) is 0 Å². The average Bonchev–Trinajstić information content (AvgIpc) is 3.09. The Balaban J connectivity index is 1.45. The predicted octanol–water partition coefficient (Wildman–Crippen LogP) is 1.48. The molecule has 0 unspecified atom stereocenters. The molecular formula is C19H22N2O5S. The number of hydrogen-bond acceptors (Lipinski definition) is 5. The van der Waals surface area contributed by atoms with E-state index in [1.54, 1.807) is 12.1 Å². The molecule has 0 bridgehead atoms. The van der Waals surface area contributed by atoms with Gasteiger partial charge >= 0.3 is 0 Å². The van der Waals surface area contributed by atoms with Crippen LogP contribution in [0.25, 0.3) is 0 Å². The maximum absolute atomic E-state index is 12.2. The summed E-state index contributed by atoms with van der Waals surface area (Å²) in [6, 6.07) is 12.9. The minimum atomic E-state index is -3.18. The first-order valence-corrected chi connectivity index (χ1v) is 10.5. The normalized spacial score (nSPS) is 12.8. The van der Waals surface area contributed by atoms with Gasteiger partial charge in [0.1, 0.15) is 0 Å². The van der Waals surface area contributed by atoms with Crippen molar-refractivity contribution in [1.82, 2.24) is 10.0 Å². The molecule has 3 rings (SSSR count). The third kappa shape index (κ3) is 5.70. The van der Waals surface area contributed by atoms with Crippen LogP contribution in [0.15, 0.2) is 42.5 Å². The van der Waals surface area contributed by atoms with Crippen molar-refractivity contribution in [2.75, 3.05) is 26.1 Å². The van der Waals surface area contributed by atoms with Crippen LogP contribution in [0.4, 0.5) is 0 Å². The van der Waals surface area contributed by atoms with Gasteiger partial charge in [0.05, 0.1) is 6.26 Å². The molecule has 0 spiro atoms. The second-order valence-corrected chi connectivity index (χ2v) is 8.14. The zero-order valence-corrected chi connectivity index (χ0v) is 15.8. The van der Waals surface area contributed by atoms with Crippen molar-refractivity contribution in [3.05, 3.63) is 59.2 Å². The predicted molar refractivity (Wildman–Crippen MR) is 102 cm³/mol. The number of hydrogen-bond donors (Lipinski definition) is 2. The van der Waals surface area contributed by atoms with E-state index < -0.39 is 10.0 Å². The lowest BCUT2D eigenvalue weighted by atomic mass is 10.1. The smallest absolute Gasteiger partial charge is 0.251 e. The first kappa shape index (κ1) is 19.2. The molecule has 0 aromatic heterocycles. The first-order valence-electron chi connectivity index (χ1n) is 8.61. The van der Waals surface area contributed by atoms with Crippen LogP contribution in [0.1, 0.15) is 21.5 Å². The first-order chi connectivity index (χ1) is 12.9. The van der Waals surface area contributed by atoms with E-state index in [0.29, 0.717) is 31.5 Å². The molecule has 0 radical (unpaired) electrons. The summed E-state index contributed by atoms with van der Waals surface area (Å²) in [5.41, 5.74) is 2.59. The molecule has 1 heterocycles.